The summed E-state index contributed by atoms with van der Waals surface area (Å²) in [6, 6.07) is 8.96. The van der Waals surface area contributed by atoms with Crippen LogP contribution >= 0.6 is 0 Å². The predicted molar refractivity (Wildman–Crippen MR) is 87.9 cm³/mol. The zero-order chi connectivity index (χ0) is 15.2. The fourth-order valence-corrected chi connectivity index (χ4v) is 3.11. The molecule has 0 spiro atoms. The van der Waals surface area contributed by atoms with Crippen LogP contribution in [-0.2, 0) is 19.4 Å². The minimum absolute atomic E-state index is 0.797. The van der Waals surface area contributed by atoms with Gasteiger partial charge in [-0.3, -0.25) is 4.90 Å². The molecule has 1 aliphatic rings. The molecule has 110 valence electrons. The van der Waals surface area contributed by atoms with E-state index in [0.717, 1.165) is 43.6 Å². The van der Waals surface area contributed by atoms with Crippen LogP contribution < -0.4 is 0 Å². The maximum absolute atomic E-state index is 9.21. The fourth-order valence-electron chi connectivity index (χ4n) is 3.11. The van der Waals surface area contributed by atoms with Gasteiger partial charge in [0.15, 0.2) is 0 Å². The van der Waals surface area contributed by atoms with Gasteiger partial charge >= 0.3 is 0 Å². The van der Waals surface area contributed by atoms with Crippen molar-refractivity contribution in [2.45, 2.75) is 40.2 Å². The van der Waals surface area contributed by atoms with E-state index in [4.69, 9.17) is 0 Å². The van der Waals surface area contributed by atoms with Crippen LogP contribution in [0, 0.1) is 11.3 Å². The van der Waals surface area contributed by atoms with Gasteiger partial charge in [0, 0.05) is 19.6 Å². The third-order valence-corrected chi connectivity index (χ3v) is 4.32. The van der Waals surface area contributed by atoms with Crippen molar-refractivity contribution in [2.24, 2.45) is 0 Å². The normalized spacial score (nSPS) is 16.5. The average molecular weight is 280 g/mol. The van der Waals surface area contributed by atoms with Gasteiger partial charge in [-0.05, 0) is 49.0 Å². The first-order chi connectivity index (χ1) is 10.2. The minimum Gasteiger partial charge on any atom is -0.294 e. The lowest BCUT2D eigenvalue weighted by molar-refractivity contribution is 0.276. The van der Waals surface area contributed by atoms with Crippen LogP contribution in [0.4, 0.5) is 0 Å². The molecular weight excluding hydrogens is 256 g/mol. The SMILES string of the molecule is C/C=C(C#N)\C(=C/C)CN1CCc2c(CC)cccc2C1. The van der Waals surface area contributed by atoms with Gasteiger partial charge in [-0.2, -0.15) is 5.26 Å². The average Bonchev–Trinajstić information content (AvgIpc) is 2.54. The highest BCUT2D eigenvalue weighted by Crippen LogP contribution is 2.24. The Morgan fingerprint density at radius 2 is 2.14 bits per heavy atom. The number of nitriles is 1. The number of fused-ring (bicyclic) bond motifs is 1. The van der Waals surface area contributed by atoms with Crippen molar-refractivity contribution in [1.82, 2.24) is 4.90 Å². The lowest BCUT2D eigenvalue weighted by atomic mass is 9.93. The van der Waals surface area contributed by atoms with Gasteiger partial charge in [0.1, 0.15) is 0 Å². The maximum Gasteiger partial charge on any atom is 0.0991 e. The molecule has 0 radical (unpaired) electrons. The summed E-state index contributed by atoms with van der Waals surface area (Å²) in [5.74, 6) is 0. The Morgan fingerprint density at radius 1 is 1.33 bits per heavy atom. The van der Waals surface area contributed by atoms with Crippen LogP contribution in [0.3, 0.4) is 0 Å². The molecule has 0 fully saturated rings. The molecule has 0 N–H and O–H groups in total. The summed E-state index contributed by atoms with van der Waals surface area (Å²) < 4.78 is 0. The molecule has 2 rings (SSSR count). The van der Waals surface area contributed by atoms with E-state index in [9.17, 15) is 5.26 Å². The number of hydrogen-bond acceptors (Lipinski definition) is 2. The predicted octanol–water partition coefficient (Wildman–Crippen LogP) is 4.02. The standard InChI is InChI=1S/C19H24N2/c1-4-15-8-7-9-18-14-21(11-10-19(15)18)13-17(6-3)16(5-2)12-20/h5-9H,4,10-11,13-14H2,1-3H3/b16-5-,17-6-. The van der Waals surface area contributed by atoms with Gasteiger partial charge in [0.2, 0.25) is 0 Å². The van der Waals surface area contributed by atoms with Crippen molar-refractivity contribution in [3.63, 3.8) is 0 Å². The van der Waals surface area contributed by atoms with Gasteiger partial charge in [-0.15, -0.1) is 0 Å². The van der Waals surface area contributed by atoms with E-state index in [0.29, 0.717) is 0 Å². The molecule has 0 bridgehead atoms. The highest BCUT2D eigenvalue weighted by molar-refractivity contribution is 5.43. The van der Waals surface area contributed by atoms with Crippen molar-refractivity contribution in [3.05, 3.63) is 58.2 Å². The smallest absolute Gasteiger partial charge is 0.0991 e. The number of benzene rings is 1. The van der Waals surface area contributed by atoms with E-state index in [2.05, 4.69) is 42.2 Å². The Hall–Kier alpha value is -1.85. The summed E-state index contributed by atoms with van der Waals surface area (Å²) in [6.45, 7) is 9.10. The zero-order valence-electron chi connectivity index (χ0n) is 13.3. The molecule has 1 aromatic carbocycles. The molecule has 0 unspecified atom stereocenters. The molecule has 21 heavy (non-hydrogen) atoms. The molecule has 0 aliphatic carbocycles. The number of rotatable bonds is 4. The van der Waals surface area contributed by atoms with Crippen molar-refractivity contribution >= 4 is 0 Å². The molecule has 2 heteroatoms. The number of hydrogen-bond donors (Lipinski definition) is 0. The minimum atomic E-state index is 0.797. The van der Waals surface area contributed by atoms with E-state index in [1.54, 1.807) is 5.56 Å². The third kappa shape index (κ3) is 3.43. The van der Waals surface area contributed by atoms with Crippen LogP contribution in [0.15, 0.2) is 41.5 Å². The Morgan fingerprint density at radius 3 is 2.76 bits per heavy atom. The highest BCUT2D eigenvalue weighted by atomic mass is 15.1. The van der Waals surface area contributed by atoms with Crippen molar-refractivity contribution in [2.75, 3.05) is 13.1 Å². The first kappa shape index (κ1) is 15.5. The molecule has 2 nitrogen and oxygen atoms in total. The Labute approximate surface area is 128 Å². The van der Waals surface area contributed by atoms with Crippen LogP contribution in [0.5, 0.6) is 0 Å². The van der Waals surface area contributed by atoms with Crippen LogP contribution in [0.2, 0.25) is 0 Å². The van der Waals surface area contributed by atoms with Crippen molar-refractivity contribution < 1.29 is 0 Å². The second kappa shape index (κ2) is 7.24. The van der Waals surface area contributed by atoms with Crippen LogP contribution in [-0.4, -0.2) is 18.0 Å². The molecule has 0 amide bonds. The Bertz CT molecular complexity index is 602. The Balaban J connectivity index is 2.14. The number of allylic oxidation sites excluding steroid dienone is 2. The van der Waals surface area contributed by atoms with Gasteiger partial charge in [0.05, 0.1) is 11.6 Å². The van der Waals surface area contributed by atoms with Gasteiger partial charge in [0.25, 0.3) is 0 Å². The van der Waals surface area contributed by atoms with E-state index in [-0.39, 0.29) is 0 Å². The molecular formula is C19H24N2. The molecule has 1 aromatic rings. The topological polar surface area (TPSA) is 27.0 Å². The van der Waals surface area contributed by atoms with E-state index in [1.807, 2.05) is 19.9 Å². The second-order valence-corrected chi connectivity index (χ2v) is 5.50. The van der Waals surface area contributed by atoms with Gasteiger partial charge in [-0.25, -0.2) is 0 Å². The molecule has 0 aromatic heterocycles. The fraction of sp³-hybridized carbons (Fsp3) is 0.421. The first-order valence-corrected chi connectivity index (χ1v) is 7.77. The quantitative estimate of drug-likeness (QED) is 0.615. The summed E-state index contributed by atoms with van der Waals surface area (Å²) in [5, 5.41) is 9.21. The molecule has 0 atom stereocenters. The third-order valence-electron chi connectivity index (χ3n) is 4.32. The number of nitrogens with zero attached hydrogens (tertiary/aromatic N) is 2. The first-order valence-electron chi connectivity index (χ1n) is 7.77. The Kier molecular flexibility index (Phi) is 5.36. The lowest BCUT2D eigenvalue weighted by Crippen LogP contribution is -2.33. The van der Waals surface area contributed by atoms with E-state index < -0.39 is 0 Å². The largest absolute Gasteiger partial charge is 0.294 e. The summed E-state index contributed by atoms with van der Waals surface area (Å²) in [7, 11) is 0. The van der Waals surface area contributed by atoms with Crippen LogP contribution in [0.25, 0.3) is 0 Å². The zero-order valence-corrected chi connectivity index (χ0v) is 13.3. The summed E-state index contributed by atoms with van der Waals surface area (Å²) >= 11 is 0. The molecule has 1 heterocycles. The van der Waals surface area contributed by atoms with Crippen LogP contribution in [0.1, 0.15) is 37.5 Å². The van der Waals surface area contributed by atoms with E-state index in [1.165, 1.54) is 11.1 Å². The van der Waals surface area contributed by atoms with Crippen molar-refractivity contribution in [3.8, 4) is 6.07 Å². The monoisotopic (exact) mass is 280 g/mol. The molecule has 1 aliphatic heterocycles. The lowest BCUT2D eigenvalue weighted by Gasteiger charge is -2.30. The summed E-state index contributed by atoms with van der Waals surface area (Å²) in [4.78, 5) is 2.44. The van der Waals surface area contributed by atoms with E-state index >= 15 is 0 Å². The number of aryl methyl sites for hydroxylation is 1. The van der Waals surface area contributed by atoms with Gasteiger partial charge in [-0.1, -0.05) is 37.3 Å². The summed E-state index contributed by atoms with van der Waals surface area (Å²) in [5.41, 5.74) is 6.42. The van der Waals surface area contributed by atoms with Gasteiger partial charge < -0.3 is 0 Å². The van der Waals surface area contributed by atoms with Crippen molar-refractivity contribution in [1.29, 1.82) is 5.26 Å². The molecule has 0 saturated heterocycles. The second-order valence-electron chi connectivity index (χ2n) is 5.50. The summed E-state index contributed by atoms with van der Waals surface area (Å²) in [6.07, 6.45) is 6.20. The molecule has 0 saturated carbocycles. The maximum atomic E-state index is 9.21. The highest BCUT2D eigenvalue weighted by Gasteiger charge is 2.19.